The largest absolute Gasteiger partial charge is 0.325 e. The van der Waals surface area contributed by atoms with Gasteiger partial charge in [0.2, 0.25) is 5.91 Å². The monoisotopic (exact) mass is 409 g/mol. The highest BCUT2D eigenvalue weighted by Crippen LogP contribution is 2.32. The van der Waals surface area contributed by atoms with E-state index in [-0.39, 0.29) is 12.5 Å². The Kier molecular flexibility index (Phi) is 5.32. The normalized spacial score (nSPS) is 18.4. The number of amides is 4. The van der Waals surface area contributed by atoms with E-state index in [1.807, 2.05) is 38.1 Å². The molecule has 0 atom stereocenters. The summed E-state index contributed by atoms with van der Waals surface area (Å²) in [7, 11) is 0. The third-order valence-electron chi connectivity index (χ3n) is 5.88. The van der Waals surface area contributed by atoms with Gasteiger partial charge in [-0.1, -0.05) is 43.4 Å². The van der Waals surface area contributed by atoms with E-state index in [0.717, 1.165) is 47.5 Å². The van der Waals surface area contributed by atoms with E-state index in [9.17, 15) is 14.4 Å². The number of aromatic nitrogens is 2. The summed E-state index contributed by atoms with van der Waals surface area (Å²) in [4.78, 5) is 39.2. The molecule has 2 heterocycles. The van der Waals surface area contributed by atoms with Gasteiger partial charge in [0.05, 0.1) is 11.4 Å². The van der Waals surface area contributed by atoms with Crippen molar-refractivity contribution in [3.05, 3.63) is 41.6 Å². The van der Waals surface area contributed by atoms with Crippen LogP contribution >= 0.6 is 0 Å². The fourth-order valence-corrected chi connectivity index (χ4v) is 4.29. The van der Waals surface area contributed by atoms with E-state index in [4.69, 9.17) is 0 Å². The molecule has 2 fully saturated rings. The van der Waals surface area contributed by atoms with Crippen LogP contribution in [-0.2, 0) is 9.59 Å². The molecule has 0 bridgehead atoms. The molecular weight excluding hydrogens is 382 g/mol. The average molecular weight is 409 g/mol. The van der Waals surface area contributed by atoms with Crippen LogP contribution in [0, 0.1) is 13.8 Å². The number of hydrogen-bond donors (Lipinski definition) is 2. The first-order valence-corrected chi connectivity index (χ1v) is 10.5. The third-order valence-corrected chi connectivity index (χ3v) is 5.88. The molecule has 2 N–H and O–H groups in total. The maximum atomic E-state index is 13.0. The van der Waals surface area contributed by atoms with Crippen molar-refractivity contribution in [3.8, 4) is 5.69 Å². The molecule has 1 aliphatic heterocycles. The number of carbonyl (C=O) groups is 3. The molecule has 158 valence electrons. The molecule has 1 saturated heterocycles. The van der Waals surface area contributed by atoms with Gasteiger partial charge in [0.15, 0.2) is 0 Å². The molecule has 1 spiro atoms. The van der Waals surface area contributed by atoms with Crippen molar-refractivity contribution in [1.29, 1.82) is 0 Å². The number of nitrogens with zero attached hydrogens (tertiary/aromatic N) is 3. The summed E-state index contributed by atoms with van der Waals surface area (Å²) < 4.78 is 1.64. The van der Waals surface area contributed by atoms with Gasteiger partial charge in [0, 0.05) is 6.07 Å². The summed E-state index contributed by atoms with van der Waals surface area (Å²) >= 11 is 0. The van der Waals surface area contributed by atoms with Crippen LogP contribution in [0.5, 0.6) is 0 Å². The molecule has 1 aromatic carbocycles. The zero-order valence-electron chi connectivity index (χ0n) is 17.4. The van der Waals surface area contributed by atoms with Crippen molar-refractivity contribution >= 4 is 23.7 Å². The van der Waals surface area contributed by atoms with Gasteiger partial charge in [-0.25, -0.2) is 9.48 Å². The molecule has 1 aromatic heterocycles. The lowest BCUT2D eigenvalue weighted by Gasteiger charge is -2.24. The van der Waals surface area contributed by atoms with Crippen molar-refractivity contribution in [3.63, 3.8) is 0 Å². The van der Waals surface area contributed by atoms with E-state index in [2.05, 4.69) is 15.7 Å². The Morgan fingerprint density at radius 2 is 1.77 bits per heavy atom. The van der Waals surface area contributed by atoms with E-state index in [1.165, 1.54) is 0 Å². The zero-order valence-corrected chi connectivity index (χ0v) is 17.4. The minimum atomic E-state index is -0.839. The number of benzene rings is 1. The Morgan fingerprint density at radius 3 is 2.43 bits per heavy atom. The molecule has 8 heteroatoms. The van der Waals surface area contributed by atoms with E-state index in [0.29, 0.717) is 18.7 Å². The smallest absolute Gasteiger partial charge is 0.323 e. The van der Waals surface area contributed by atoms with Gasteiger partial charge in [-0.3, -0.25) is 14.5 Å². The lowest BCUT2D eigenvalue weighted by atomic mass is 9.90. The number of hydrogen-bond acceptors (Lipinski definition) is 4. The summed E-state index contributed by atoms with van der Waals surface area (Å²) in [6.07, 6.45) is 5.20. The van der Waals surface area contributed by atoms with Crippen molar-refractivity contribution in [2.24, 2.45) is 0 Å². The summed E-state index contributed by atoms with van der Waals surface area (Å²) in [6.45, 7) is 3.53. The minimum absolute atomic E-state index is 0.284. The lowest BCUT2D eigenvalue weighted by Crippen LogP contribution is -2.47. The molecular formula is C22H27N5O3. The van der Waals surface area contributed by atoms with Gasteiger partial charge >= 0.3 is 6.03 Å². The third kappa shape index (κ3) is 3.81. The van der Waals surface area contributed by atoms with E-state index >= 15 is 0 Å². The number of carbonyl (C=O) groups excluding carboxylic acids is 3. The van der Waals surface area contributed by atoms with Crippen molar-refractivity contribution < 1.29 is 14.4 Å². The Hall–Kier alpha value is -3.16. The topological polar surface area (TPSA) is 96.3 Å². The number of anilines is 1. The summed E-state index contributed by atoms with van der Waals surface area (Å²) in [5, 5.41) is 10.1. The summed E-state index contributed by atoms with van der Waals surface area (Å²) in [5.41, 5.74) is 1.85. The molecule has 4 rings (SSSR count). The second-order valence-electron chi connectivity index (χ2n) is 8.28. The molecule has 30 heavy (non-hydrogen) atoms. The van der Waals surface area contributed by atoms with Crippen LogP contribution in [0.4, 0.5) is 10.6 Å². The van der Waals surface area contributed by atoms with Crippen LogP contribution in [0.15, 0.2) is 30.3 Å². The van der Waals surface area contributed by atoms with E-state index in [1.54, 1.807) is 10.7 Å². The van der Waals surface area contributed by atoms with E-state index < -0.39 is 17.5 Å². The first-order valence-electron chi connectivity index (χ1n) is 10.5. The fourth-order valence-electron chi connectivity index (χ4n) is 4.29. The molecule has 1 aliphatic carbocycles. The minimum Gasteiger partial charge on any atom is -0.323 e. The van der Waals surface area contributed by atoms with Crippen molar-refractivity contribution in [2.45, 2.75) is 57.9 Å². The second-order valence-corrected chi connectivity index (χ2v) is 8.28. The molecule has 4 amide bonds. The average Bonchev–Trinajstić information content (AvgIpc) is 3.04. The van der Waals surface area contributed by atoms with Gasteiger partial charge in [-0.15, -0.1) is 0 Å². The fraction of sp³-hybridized carbons (Fsp3) is 0.455. The highest BCUT2D eigenvalue weighted by atomic mass is 16.2. The Morgan fingerprint density at radius 1 is 1.10 bits per heavy atom. The highest BCUT2D eigenvalue weighted by Gasteiger charge is 2.51. The Labute approximate surface area is 175 Å². The first-order chi connectivity index (χ1) is 14.4. The van der Waals surface area contributed by atoms with Crippen LogP contribution in [0.3, 0.4) is 0 Å². The Bertz CT molecular complexity index is 971. The molecule has 1 saturated carbocycles. The number of urea groups is 1. The number of imide groups is 1. The van der Waals surface area contributed by atoms with Crippen molar-refractivity contribution in [2.75, 3.05) is 11.9 Å². The van der Waals surface area contributed by atoms with Crippen LogP contribution < -0.4 is 10.6 Å². The molecule has 0 unspecified atom stereocenters. The van der Waals surface area contributed by atoms with Gasteiger partial charge in [-0.2, -0.15) is 5.10 Å². The maximum Gasteiger partial charge on any atom is 0.325 e. The lowest BCUT2D eigenvalue weighted by molar-refractivity contribution is -0.134. The Balaban J connectivity index is 1.48. The first kappa shape index (κ1) is 20.1. The predicted octanol–water partition coefficient (Wildman–Crippen LogP) is 3.07. The quantitative estimate of drug-likeness (QED) is 0.759. The second kappa shape index (κ2) is 7.93. The maximum absolute atomic E-state index is 13.0. The number of aryl methyl sites for hydroxylation is 2. The van der Waals surface area contributed by atoms with Crippen molar-refractivity contribution in [1.82, 2.24) is 20.0 Å². The SMILES string of the molecule is Cc1ccc(-n2nc(C)cc2NC(=O)CN2C(=O)NC3(CCCCCC3)C2=O)cc1. The van der Waals surface area contributed by atoms with Gasteiger partial charge in [0.25, 0.3) is 5.91 Å². The molecule has 2 aliphatic rings. The summed E-state index contributed by atoms with van der Waals surface area (Å²) in [6, 6.07) is 9.06. The number of nitrogens with one attached hydrogen (secondary N) is 2. The van der Waals surface area contributed by atoms with Crippen LogP contribution in [0.25, 0.3) is 5.69 Å². The molecule has 0 radical (unpaired) electrons. The molecule has 2 aromatic rings. The molecule has 8 nitrogen and oxygen atoms in total. The summed E-state index contributed by atoms with van der Waals surface area (Å²) in [5.74, 6) is -0.220. The number of rotatable bonds is 4. The van der Waals surface area contributed by atoms with Gasteiger partial charge in [0.1, 0.15) is 17.9 Å². The van der Waals surface area contributed by atoms with Crippen LogP contribution in [-0.4, -0.2) is 44.6 Å². The van der Waals surface area contributed by atoms with Gasteiger partial charge < -0.3 is 10.6 Å². The zero-order chi connectivity index (χ0) is 21.3. The predicted molar refractivity (Wildman–Crippen MR) is 112 cm³/mol. The van der Waals surface area contributed by atoms with Crippen LogP contribution in [0.1, 0.15) is 49.8 Å². The van der Waals surface area contributed by atoms with Gasteiger partial charge in [-0.05, 0) is 38.8 Å². The van der Waals surface area contributed by atoms with Crippen LogP contribution in [0.2, 0.25) is 0 Å². The highest BCUT2D eigenvalue weighted by molar-refractivity contribution is 6.10. The standard InChI is InChI=1S/C22H27N5O3/c1-15-7-9-17(10-8-15)27-18(13-16(2)25-27)23-19(28)14-26-20(29)22(24-21(26)30)11-5-3-4-6-12-22/h7-10,13H,3-6,11-12,14H2,1-2H3,(H,23,28)(H,24,30).